The Morgan fingerprint density at radius 3 is 2.62 bits per heavy atom. The predicted molar refractivity (Wildman–Crippen MR) is 113 cm³/mol. The predicted octanol–water partition coefficient (Wildman–Crippen LogP) is 3.04. The van der Waals surface area contributed by atoms with Crippen molar-refractivity contribution in [3.63, 3.8) is 0 Å². The van der Waals surface area contributed by atoms with Gasteiger partial charge in [-0.05, 0) is 30.0 Å². The largest absolute Gasteiger partial charge is 0.378 e. The number of nitrogens with zero attached hydrogens (tertiary/aromatic N) is 6. The highest BCUT2D eigenvalue weighted by molar-refractivity contribution is 7.98. The number of thioether (sulfide) groups is 1. The minimum absolute atomic E-state index is 0.695. The van der Waals surface area contributed by atoms with Crippen LogP contribution in [0.1, 0.15) is 0 Å². The van der Waals surface area contributed by atoms with Crippen LogP contribution in [0.15, 0.2) is 48.1 Å². The third-order valence-electron chi connectivity index (χ3n) is 4.93. The standard InChI is InChI=1S/C20H19N7OS/c1-29-20-22-11-13(12-23-20)15-10-17(27-6-8-28-9-7-27)25-18-14(15)2-4-21-19(18)16-3-5-24-26-16/h2-5,10-12H,6-9H2,1H3,(H,24,26). The van der Waals surface area contributed by atoms with Crippen LogP contribution in [0.3, 0.4) is 0 Å². The third kappa shape index (κ3) is 3.43. The smallest absolute Gasteiger partial charge is 0.187 e. The van der Waals surface area contributed by atoms with Gasteiger partial charge in [-0.2, -0.15) is 5.10 Å². The highest BCUT2D eigenvalue weighted by Gasteiger charge is 2.19. The van der Waals surface area contributed by atoms with Gasteiger partial charge < -0.3 is 9.64 Å². The molecule has 29 heavy (non-hydrogen) atoms. The molecule has 5 rings (SSSR count). The molecule has 1 aliphatic heterocycles. The first-order valence-corrected chi connectivity index (χ1v) is 10.5. The molecule has 9 heteroatoms. The van der Waals surface area contributed by atoms with E-state index in [0.717, 1.165) is 57.5 Å². The van der Waals surface area contributed by atoms with E-state index in [4.69, 9.17) is 9.72 Å². The van der Waals surface area contributed by atoms with Gasteiger partial charge in [0.25, 0.3) is 0 Å². The molecule has 4 aromatic heterocycles. The first-order valence-electron chi connectivity index (χ1n) is 9.32. The molecule has 1 fully saturated rings. The Morgan fingerprint density at radius 2 is 1.90 bits per heavy atom. The van der Waals surface area contributed by atoms with Gasteiger partial charge in [0.2, 0.25) is 0 Å². The van der Waals surface area contributed by atoms with Crippen LogP contribution in [0, 0.1) is 0 Å². The van der Waals surface area contributed by atoms with Crippen molar-refractivity contribution >= 4 is 28.5 Å². The fourth-order valence-electron chi connectivity index (χ4n) is 3.48. The Labute approximate surface area is 171 Å². The van der Waals surface area contributed by atoms with E-state index in [1.54, 1.807) is 12.4 Å². The molecular formula is C20H19N7OS. The first kappa shape index (κ1) is 18.0. The van der Waals surface area contributed by atoms with E-state index in [2.05, 4.69) is 36.1 Å². The van der Waals surface area contributed by atoms with Crippen molar-refractivity contribution in [2.45, 2.75) is 5.16 Å². The maximum atomic E-state index is 5.51. The van der Waals surface area contributed by atoms with Crippen molar-refractivity contribution < 1.29 is 4.74 Å². The molecule has 0 atom stereocenters. The maximum absolute atomic E-state index is 5.51. The van der Waals surface area contributed by atoms with Crippen molar-refractivity contribution in [3.8, 4) is 22.5 Å². The lowest BCUT2D eigenvalue weighted by Crippen LogP contribution is -2.36. The second-order valence-electron chi connectivity index (χ2n) is 6.61. The summed E-state index contributed by atoms with van der Waals surface area (Å²) in [7, 11) is 0. The van der Waals surface area contributed by atoms with Crippen LogP contribution in [0.25, 0.3) is 33.4 Å². The van der Waals surface area contributed by atoms with Gasteiger partial charge in [0.15, 0.2) is 5.16 Å². The summed E-state index contributed by atoms with van der Waals surface area (Å²) in [5.74, 6) is 0.901. The summed E-state index contributed by atoms with van der Waals surface area (Å²) < 4.78 is 5.51. The van der Waals surface area contributed by atoms with Crippen LogP contribution in [-0.4, -0.2) is 62.7 Å². The first-order chi connectivity index (χ1) is 14.3. The van der Waals surface area contributed by atoms with E-state index in [-0.39, 0.29) is 0 Å². The van der Waals surface area contributed by atoms with Gasteiger partial charge in [0, 0.05) is 48.8 Å². The minimum Gasteiger partial charge on any atom is -0.378 e. The molecule has 0 spiro atoms. The molecule has 0 unspecified atom stereocenters. The number of ether oxygens (including phenoxy) is 1. The Kier molecular flexibility index (Phi) is 4.82. The number of nitrogens with one attached hydrogen (secondary N) is 1. The Hall–Kier alpha value is -3.04. The van der Waals surface area contributed by atoms with Crippen LogP contribution in [0.4, 0.5) is 5.82 Å². The van der Waals surface area contributed by atoms with Gasteiger partial charge in [-0.25, -0.2) is 15.0 Å². The molecule has 1 aliphatic rings. The summed E-state index contributed by atoms with van der Waals surface area (Å²) in [5.41, 5.74) is 4.42. The van der Waals surface area contributed by atoms with Gasteiger partial charge >= 0.3 is 0 Å². The normalized spacial score (nSPS) is 14.4. The van der Waals surface area contributed by atoms with Crippen molar-refractivity contribution in [1.82, 2.24) is 30.1 Å². The number of H-pyrrole nitrogens is 1. The number of hydrogen-bond acceptors (Lipinski definition) is 8. The minimum atomic E-state index is 0.695. The molecule has 0 aromatic carbocycles. The number of hydrogen-bond donors (Lipinski definition) is 1. The lowest BCUT2D eigenvalue weighted by Gasteiger charge is -2.28. The molecule has 0 saturated carbocycles. The van der Waals surface area contributed by atoms with Crippen LogP contribution < -0.4 is 4.90 Å². The maximum Gasteiger partial charge on any atom is 0.187 e. The van der Waals surface area contributed by atoms with E-state index in [0.29, 0.717) is 13.2 Å². The number of aromatic amines is 1. The summed E-state index contributed by atoms with van der Waals surface area (Å²) in [6.07, 6.45) is 9.22. The lowest BCUT2D eigenvalue weighted by atomic mass is 10.0. The zero-order valence-electron chi connectivity index (χ0n) is 15.9. The van der Waals surface area contributed by atoms with Crippen molar-refractivity contribution in [1.29, 1.82) is 0 Å². The van der Waals surface area contributed by atoms with Gasteiger partial charge in [0.05, 0.1) is 18.9 Å². The van der Waals surface area contributed by atoms with Crippen LogP contribution in [0.5, 0.6) is 0 Å². The number of rotatable bonds is 4. The Bertz CT molecular complexity index is 1130. The topological polar surface area (TPSA) is 92.7 Å². The molecule has 0 amide bonds. The van der Waals surface area contributed by atoms with Gasteiger partial charge in [-0.1, -0.05) is 11.8 Å². The fourth-order valence-corrected chi connectivity index (χ4v) is 3.79. The molecule has 146 valence electrons. The molecule has 0 bridgehead atoms. The number of aromatic nitrogens is 6. The average molecular weight is 405 g/mol. The molecule has 1 N–H and O–H groups in total. The molecule has 5 heterocycles. The molecular weight excluding hydrogens is 386 g/mol. The van der Waals surface area contributed by atoms with Crippen LogP contribution >= 0.6 is 11.8 Å². The molecule has 0 aliphatic carbocycles. The van der Waals surface area contributed by atoms with Crippen molar-refractivity contribution in [2.24, 2.45) is 0 Å². The number of anilines is 1. The summed E-state index contributed by atoms with van der Waals surface area (Å²) in [4.78, 5) is 20.7. The SMILES string of the molecule is CSc1ncc(-c2cc(N3CCOCC3)nc3c(-c4ccn[nH]4)nccc23)cn1. The van der Waals surface area contributed by atoms with Gasteiger partial charge in [0.1, 0.15) is 17.0 Å². The average Bonchev–Trinajstić information content (AvgIpc) is 3.33. The quantitative estimate of drug-likeness (QED) is 0.409. The molecule has 8 nitrogen and oxygen atoms in total. The van der Waals surface area contributed by atoms with Crippen molar-refractivity contribution in [3.05, 3.63) is 43.0 Å². The molecule has 1 saturated heterocycles. The summed E-state index contributed by atoms with van der Waals surface area (Å²) >= 11 is 1.53. The second-order valence-corrected chi connectivity index (χ2v) is 7.39. The number of fused-ring (bicyclic) bond motifs is 1. The lowest BCUT2D eigenvalue weighted by molar-refractivity contribution is 0.122. The highest BCUT2D eigenvalue weighted by Crippen LogP contribution is 2.34. The monoisotopic (exact) mass is 405 g/mol. The number of pyridine rings is 2. The fraction of sp³-hybridized carbons (Fsp3) is 0.250. The number of morpholine rings is 1. The van der Waals surface area contributed by atoms with E-state index >= 15 is 0 Å². The Balaban J connectivity index is 1.74. The van der Waals surface area contributed by atoms with Gasteiger partial charge in [-0.15, -0.1) is 0 Å². The van der Waals surface area contributed by atoms with E-state index in [9.17, 15) is 0 Å². The van der Waals surface area contributed by atoms with Crippen LogP contribution in [0.2, 0.25) is 0 Å². The zero-order valence-corrected chi connectivity index (χ0v) is 16.7. The van der Waals surface area contributed by atoms with Crippen LogP contribution in [-0.2, 0) is 4.74 Å². The van der Waals surface area contributed by atoms with E-state index in [1.807, 2.05) is 30.8 Å². The highest BCUT2D eigenvalue weighted by atomic mass is 32.2. The van der Waals surface area contributed by atoms with E-state index < -0.39 is 0 Å². The van der Waals surface area contributed by atoms with E-state index in [1.165, 1.54) is 11.8 Å². The summed E-state index contributed by atoms with van der Waals surface area (Å²) in [6, 6.07) is 6.01. The summed E-state index contributed by atoms with van der Waals surface area (Å²) in [5, 5.41) is 8.83. The summed E-state index contributed by atoms with van der Waals surface area (Å²) in [6.45, 7) is 3.00. The third-order valence-corrected chi connectivity index (χ3v) is 5.50. The zero-order chi connectivity index (χ0) is 19.6. The molecule has 0 radical (unpaired) electrons. The van der Waals surface area contributed by atoms with Crippen molar-refractivity contribution in [2.75, 3.05) is 37.5 Å². The second kappa shape index (κ2) is 7.76. The molecule has 4 aromatic rings. The Morgan fingerprint density at radius 1 is 1.07 bits per heavy atom. The van der Waals surface area contributed by atoms with Gasteiger partial charge in [-0.3, -0.25) is 10.1 Å².